The summed E-state index contributed by atoms with van der Waals surface area (Å²) in [6.07, 6.45) is 6.63. The molecule has 0 aromatic rings. The summed E-state index contributed by atoms with van der Waals surface area (Å²) in [4.78, 5) is 52.9. The average Bonchev–Trinajstić information content (AvgIpc) is 2.84. The van der Waals surface area contributed by atoms with Crippen molar-refractivity contribution in [2.75, 3.05) is 59.2 Å². The summed E-state index contributed by atoms with van der Waals surface area (Å²) in [7, 11) is 0. The SMILES string of the molecule is CCCCOC(=O)CN(CC(=O)OCCCC)CC(C)N(CC(=O)OCCCC)CC(=O)OCCCC. The molecule has 0 saturated carbocycles. The molecule has 0 spiro atoms. The molecule has 0 fully saturated rings. The smallest absolute Gasteiger partial charge is 0.320 e. The van der Waals surface area contributed by atoms with Gasteiger partial charge in [0.25, 0.3) is 0 Å². The van der Waals surface area contributed by atoms with Gasteiger partial charge >= 0.3 is 23.9 Å². The van der Waals surface area contributed by atoms with Crippen LogP contribution in [0.15, 0.2) is 0 Å². The summed E-state index contributed by atoms with van der Waals surface area (Å²) in [5.74, 6) is -1.75. The van der Waals surface area contributed by atoms with E-state index in [0.29, 0.717) is 26.4 Å². The highest BCUT2D eigenvalue weighted by atomic mass is 16.5. The lowest BCUT2D eigenvalue weighted by Crippen LogP contribution is -2.49. The average molecular weight is 531 g/mol. The predicted molar refractivity (Wildman–Crippen MR) is 141 cm³/mol. The molecule has 1 atom stereocenters. The van der Waals surface area contributed by atoms with E-state index in [4.69, 9.17) is 18.9 Å². The van der Waals surface area contributed by atoms with E-state index in [2.05, 4.69) is 0 Å². The number of nitrogens with zero attached hydrogens (tertiary/aromatic N) is 2. The number of ether oxygens (including phenoxy) is 4. The summed E-state index contributed by atoms with van der Waals surface area (Å²) in [6.45, 7) is 10.9. The van der Waals surface area contributed by atoms with E-state index < -0.39 is 23.9 Å². The van der Waals surface area contributed by atoms with Crippen molar-refractivity contribution < 1.29 is 38.1 Å². The molecular formula is C27H50N2O8. The van der Waals surface area contributed by atoms with Crippen LogP contribution in [0.5, 0.6) is 0 Å². The maximum atomic E-state index is 12.4. The summed E-state index contributed by atoms with van der Waals surface area (Å²) < 4.78 is 21.1. The van der Waals surface area contributed by atoms with E-state index >= 15 is 0 Å². The van der Waals surface area contributed by atoms with Crippen molar-refractivity contribution in [1.82, 2.24) is 9.80 Å². The van der Waals surface area contributed by atoms with Crippen molar-refractivity contribution in [3.8, 4) is 0 Å². The van der Waals surface area contributed by atoms with Gasteiger partial charge in [-0.2, -0.15) is 0 Å². The molecule has 1 unspecified atom stereocenters. The lowest BCUT2D eigenvalue weighted by molar-refractivity contribution is -0.153. The van der Waals surface area contributed by atoms with Gasteiger partial charge in [0.05, 0.1) is 52.6 Å². The molecule has 0 bridgehead atoms. The van der Waals surface area contributed by atoms with E-state index in [0.717, 1.165) is 51.4 Å². The zero-order valence-corrected chi connectivity index (χ0v) is 23.8. The van der Waals surface area contributed by atoms with Gasteiger partial charge in [-0.15, -0.1) is 0 Å². The van der Waals surface area contributed by atoms with Crippen molar-refractivity contribution in [1.29, 1.82) is 0 Å². The minimum atomic E-state index is -0.439. The van der Waals surface area contributed by atoms with E-state index in [-0.39, 0.29) is 38.8 Å². The van der Waals surface area contributed by atoms with E-state index in [1.54, 1.807) is 9.80 Å². The Bertz CT molecular complexity index is 596. The lowest BCUT2D eigenvalue weighted by Gasteiger charge is -2.31. The molecule has 0 heterocycles. The zero-order chi connectivity index (χ0) is 27.9. The molecular weight excluding hydrogens is 480 g/mol. The Morgan fingerprint density at radius 1 is 0.541 bits per heavy atom. The quantitative estimate of drug-likeness (QED) is 0.111. The normalized spacial score (nSPS) is 11.9. The van der Waals surface area contributed by atoms with Crippen molar-refractivity contribution in [2.45, 2.75) is 92.0 Å². The minimum Gasteiger partial charge on any atom is -0.465 e. The Balaban J connectivity index is 5.36. The number of unbranched alkanes of at least 4 members (excludes halogenated alkanes) is 4. The Labute approximate surface area is 223 Å². The first-order valence-electron chi connectivity index (χ1n) is 13.9. The largest absolute Gasteiger partial charge is 0.465 e. The molecule has 10 nitrogen and oxygen atoms in total. The molecule has 0 aromatic heterocycles. The van der Waals surface area contributed by atoms with Gasteiger partial charge in [-0.05, 0) is 32.6 Å². The topological polar surface area (TPSA) is 112 Å². The molecule has 0 aliphatic heterocycles. The molecule has 216 valence electrons. The number of rotatable bonds is 23. The maximum absolute atomic E-state index is 12.4. The van der Waals surface area contributed by atoms with Crippen LogP contribution < -0.4 is 0 Å². The van der Waals surface area contributed by atoms with Crippen LogP contribution in [0.4, 0.5) is 0 Å². The highest BCUT2D eigenvalue weighted by molar-refractivity contribution is 5.76. The van der Waals surface area contributed by atoms with Gasteiger partial charge in [0.2, 0.25) is 0 Å². The second-order valence-electron chi connectivity index (χ2n) is 9.22. The van der Waals surface area contributed by atoms with Crippen LogP contribution >= 0.6 is 0 Å². The van der Waals surface area contributed by atoms with Gasteiger partial charge in [0.15, 0.2) is 0 Å². The molecule has 0 aliphatic carbocycles. The van der Waals surface area contributed by atoms with Gasteiger partial charge in [0.1, 0.15) is 0 Å². The highest BCUT2D eigenvalue weighted by Crippen LogP contribution is 2.07. The second kappa shape index (κ2) is 23.0. The molecule has 0 radical (unpaired) electrons. The Morgan fingerprint density at radius 3 is 1.14 bits per heavy atom. The standard InChI is InChI=1S/C27H50N2O8/c1-6-10-14-34-24(30)19-28(20-25(31)35-15-11-7-2)18-23(5)29(21-26(32)36-16-12-8-3)22-27(33)37-17-13-9-4/h23H,6-22H2,1-5H3. The zero-order valence-electron chi connectivity index (χ0n) is 23.8. The van der Waals surface area contributed by atoms with Crippen molar-refractivity contribution in [3.63, 3.8) is 0 Å². The van der Waals surface area contributed by atoms with Crippen LogP contribution in [0.3, 0.4) is 0 Å². The molecule has 0 amide bonds. The number of carbonyl (C=O) groups excluding carboxylic acids is 4. The van der Waals surface area contributed by atoms with Gasteiger partial charge in [-0.3, -0.25) is 29.0 Å². The van der Waals surface area contributed by atoms with Gasteiger partial charge in [-0.1, -0.05) is 53.4 Å². The molecule has 0 aromatic carbocycles. The van der Waals surface area contributed by atoms with Crippen LogP contribution in [-0.4, -0.2) is 98.9 Å². The van der Waals surface area contributed by atoms with Crippen LogP contribution in [0.1, 0.15) is 86.0 Å². The number of esters is 4. The predicted octanol–water partition coefficient (Wildman–Crippen LogP) is 3.35. The second-order valence-corrected chi connectivity index (χ2v) is 9.22. The summed E-state index contributed by atoms with van der Waals surface area (Å²) >= 11 is 0. The Kier molecular flexibility index (Phi) is 21.6. The van der Waals surface area contributed by atoms with Crippen LogP contribution in [0.25, 0.3) is 0 Å². The lowest BCUT2D eigenvalue weighted by atomic mass is 10.2. The van der Waals surface area contributed by atoms with Crippen LogP contribution in [0, 0.1) is 0 Å². The van der Waals surface area contributed by atoms with Crippen LogP contribution in [0.2, 0.25) is 0 Å². The number of hydrogen-bond acceptors (Lipinski definition) is 10. The third-order valence-corrected chi connectivity index (χ3v) is 5.56. The molecule has 0 rings (SSSR count). The van der Waals surface area contributed by atoms with Gasteiger partial charge in [-0.25, -0.2) is 0 Å². The van der Waals surface area contributed by atoms with Crippen LogP contribution in [-0.2, 0) is 38.1 Å². The molecule has 10 heteroatoms. The number of carbonyl (C=O) groups is 4. The summed E-state index contributed by atoms with van der Waals surface area (Å²) in [5.41, 5.74) is 0. The molecule has 0 aliphatic rings. The Hall–Kier alpha value is -2.20. The van der Waals surface area contributed by atoms with Crippen molar-refractivity contribution in [3.05, 3.63) is 0 Å². The maximum Gasteiger partial charge on any atom is 0.320 e. The van der Waals surface area contributed by atoms with Gasteiger partial charge in [0, 0.05) is 12.6 Å². The first kappa shape index (κ1) is 34.8. The first-order valence-corrected chi connectivity index (χ1v) is 13.9. The van der Waals surface area contributed by atoms with E-state index in [9.17, 15) is 19.2 Å². The van der Waals surface area contributed by atoms with Crippen molar-refractivity contribution >= 4 is 23.9 Å². The minimum absolute atomic E-state index is 0.104. The number of hydrogen-bond donors (Lipinski definition) is 0. The third kappa shape index (κ3) is 19.6. The summed E-state index contributed by atoms with van der Waals surface area (Å²) in [6, 6.07) is -0.371. The van der Waals surface area contributed by atoms with E-state index in [1.807, 2.05) is 34.6 Å². The fraction of sp³-hybridized carbons (Fsp3) is 0.852. The monoisotopic (exact) mass is 530 g/mol. The third-order valence-electron chi connectivity index (χ3n) is 5.56. The fourth-order valence-corrected chi connectivity index (χ4v) is 3.24. The fourth-order valence-electron chi connectivity index (χ4n) is 3.24. The first-order chi connectivity index (χ1) is 17.8. The van der Waals surface area contributed by atoms with E-state index in [1.165, 1.54) is 0 Å². The Morgan fingerprint density at radius 2 is 0.838 bits per heavy atom. The molecule has 0 N–H and O–H groups in total. The molecule has 0 saturated heterocycles. The van der Waals surface area contributed by atoms with Crippen molar-refractivity contribution in [2.24, 2.45) is 0 Å². The highest BCUT2D eigenvalue weighted by Gasteiger charge is 2.26. The summed E-state index contributed by atoms with van der Waals surface area (Å²) in [5, 5.41) is 0. The molecule has 37 heavy (non-hydrogen) atoms. The van der Waals surface area contributed by atoms with Gasteiger partial charge < -0.3 is 18.9 Å².